The zero-order valence-electron chi connectivity index (χ0n) is 14.9. The minimum Gasteiger partial charge on any atom is -0.462 e. The third-order valence-electron chi connectivity index (χ3n) is 4.20. The molecule has 4 rings (SSSR count). The Kier molecular flexibility index (Phi) is 4.98. The number of nitrogens with zero attached hydrogens (tertiary/aromatic N) is 1. The van der Waals surface area contributed by atoms with Crippen LogP contribution in [0, 0.1) is 0 Å². The number of amides is 1. The molecule has 4 aromatic rings. The van der Waals surface area contributed by atoms with Crippen LogP contribution in [0.4, 0.5) is 5.69 Å². The predicted octanol–water partition coefficient (Wildman–Crippen LogP) is 5.53. The lowest BCUT2D eigenvalue weighted by molar-refractivity contribution is 0.0526. The maximum Gasteiger partial charge on any atom is 0.338 e. The summed E-state index contributed by atoms with van der Waals surface area (Å²) in [5.41, 5.74) is 1.82. The summed E-state index contributed by atoms with van der Waals surface area (Å²) in [4.78, 5) is 29.3. The van der Waals surface area contributed by atoms with Gasteiger partial charge in [0.2, 0.25) is 0 Å². The average Bonchev–Trinajstić information content (AvgIpc) is 3.15. The van der Waals surface area contributed by atoms with Gasteiger partial charge in [0, 0.05) is 21.2 Å². The molecule has 0 aliphatic heterocycles. The molecule has 7 heteroatoms. The Morgan fingerprint density at radius 3 is 2.61 bits per heavy atom. The van der Waals surface area contributed by atoms with Crippen molar-refractivity contribution in [2.24, 2.45) is 0 Å². The molecule has 0 aliphatic carbocycles. The summed E-state index contributed by atoms with van der Waals surface area (Å²) in [7, 11) is 0. The van der Waals surface area contributed by atoms with Crippen molar-refractivity contribution in [3.05, 3.63) is 70.2 Å². The molecule has 2 aromatic heterocycles. The molecule has 140 valence electrons. The lowest BCUT2D eigenvalue weighted by Crippen LogP contribution is -2.10. The van der Waals surface area contributed by atoms with Crippen LogP contribution in [0.2, 0.25) is 5.15 Å². The van der Waals surface area contributed by atoms with Crippen molar-refractivity contribution in [3.63, 3.8) is 0 Å². The van der Waals surface area contributed by atoms with Crippen molar-refractivity contribution < 1.29 is 14.3 Å². The summed E-state index contributed by atoms with van der Waals surface area (Å²) in [6, 6.07) is 16.0. The largest absolute Gasteiger partial charge is 0.462 e. The fourth-order valence-corrected chi connectivity index (χ4v) is 4.27. The number of para-hydroxylation sites is 1. The van der Waals surface area contributed by atoms with E-state index in [1.807, 2.05) is 24.3 Å². The first-order valence-corrected chi connectivity index (χ1v) is 9.82. The van der Waals surface area contributed by atoms with E-state index >= 15 is 0 Å². The molecule has 0 radical (unpaired) electrons. The third-order valence-corrected chi connectivity index (χ3v) is 5.65. The van der Waals surface area contributed by atoms with Crippen LogP contribution in [0.1, 0.15) is 27.0 Å². The summed E-state index contributed by atoms with van der Waals surface area (Å²) < 4.78 is 5.88. The fraction of sp³-hybridized carbons (Fsp3) is 0.0952. The molecular weight excluding hydrogens is 396 g/mol. The minimum absolute atomic E-state index is 0.245. The number of benzene rings is 2. The number of carbonyl (C=O) groups is 2. The number of halogens is 1. The second kappa shape index (κ2) is 7.58. The van der Waals surface area contributed by atoms with Crippen molar-refractivity contribution in [1.29, 1.82) is 0 Å². The van der Waals surface area contributed by atoms with E-state index in [0.29, 0.717) is 27.9 Å². The average molecular weight is 411 g/mol. The molecular formula is C21H15ClN2O3S. The highest BCUT2D eigenvalue weighted by Gasteiger charge is 2.16. The zero-order chi connectivity index (χ0) is 19.7. The van der Waals surface area contributed by atoms with Crippen LogP contribution in [0.25, 0.3) is 21.0 Å². The molecule has 1 amide bonds. The number of carbonyl (C=O) groups excluding carboxylic acids is 2. The van der Waals surface area contributed by atoms with E-state index in [1.54, 1.807) is 37.3 Å². The van der Waals surface area contributed by atoms with E-state index < -0.39 is 0 Å². The molecule has 0 spiro atoms. The van der Waals surface area contributed by atoms with Crippen LogP contribution in [-0.2, 0) is 4.74 Å². The number of thiophene rings is 1. The van der Waals surface area contributed by atoms with Gasteiger partial charge in [-0.15, -0.1) is 11.3 Å². The van der Waals surface area contributed by atoms with Gasteiger partial charge in [0.15, 0.2) is 0 Å². The normalized spacial score (nSPS) is 10.9. The summed E-state index contributed by atoms with van der Waals surface area (Å²) in [6.07, 6.45) is 0. The topological polar surface area (TPSA) is 68.3 Å². The van der Waals surface area contributed by atoms with Crippen LogP contribution >= 0.6 is 22.9 Å². The second-order valence-electron chi connectivity index (χ2n) is 6.03. The second-order valence-corrected chi connectivity index (χ2v) is 7.44. The van der Waals surface area contributed by atoms with Crippen LogP contribution in [0.5, 0.6) is 0 Å². The number of fused-ring (bicyclic) bond motifs is 3. The van der Waals surface area contributed by atoms with Gasteiger partial charge < -0.3 is 10.1 Å². The number of pyridine rings is 1. The summed E-state index contributed by atoms with van der Waals surface area (Å²) in [6.45, 7) is 2.07. The standard InChI is InChI=1S/C21H15ClN2O3S/c1-2-27-21(26)12-7-9-13(10-8-12)23-20(25)17-11-15-18(28-17)14-5-3-4-6-16(14)24-19(15)22/h3-11H,2H2,1H3,(H,23,25). The molecule has 0 bridgehead atoms. The van der Waals surface area contributed by atoms with Gasteiger partial charge in [-0.2, -0.15) is 0 Å². The van der Waals surface area contributed by atoms with Crippen molar-refractivity contribution in [1.82, 2.24) is 4.98 Å². The first-order chi connectivity index (χ1) is 13.6. The highest BCUT2D eigenvalue weighted by Crippen LogP contribution is 2.35. The van der Waals surface area contributed by atoms with Gasteiger partial charge in [-0.05, 0) is 43.3 Å². The Balaban J connectivity index is 1.61. The highest BCUT2D eigenvalue weighted by atomic mass is 35.5. The molecule has 0 unspecified atom stereocenters. The molecule has 2 heterocycles. The fourth-order valence-electron chi connectivity index (χ4n) is 2.88. The summed E-state index contributed by atoms with van der Waals surface area (Å²) in [5.74, 6) is -0.635. The zero-order valence-corrected chi connectivity index (χ0v) is 16.4. The van der Waals surface area contributed by atoms with Crippen LogP contribution < -0.4 is 5.32 Å². The summed E-state index contributed by atoms with van der Waals surface area (Å²) in [5, 5.41) is 4.94. The summed E-state index contributed by atoms with van der Waals surface area (Å²) >= 11 is 7.68. The number of nitrogens with one attached hydrogen (secondary N) is 1. The maximum atomic E-state index is 12.7. The lowest BCUT2D eigenvalue weighted by atomic mass is 10.2. The van der Waals surface area contributed by atoms with Crippen molar-refractivity contribution >= 4 is 61.5 Å². The van der Waals surface area contributed by atoms with E-state index in [9.17, 15) is 9.59 Å². The molecule has 2 aromatic carbocycles. The van der Waals surface area contributed by atoms with Crippen molar-refractivity contribution in [2.75, 3.05) is 11.9 Å². The molecule has 0 saturated heterocycles. The molecule has 0 atom stereocenters. The van der Waals surface area contributed by atoms with E-state index in [2.05, 4.69) is 10.3 Å². The van der Waals surface area contributed by atoms with Gasteiger partial charge in [0.25, 0.3) is 5.91 Å². The Bertz CT molecular complexity index is 1200. The van der Waals surface area contributed by atoms with Gasteiger partial charge in [0.1, 0.15) is 5.15 Å². The van der Waals surface area contributed by atoms with Gasteiger partial charge in [-0.1, -0.05) is 29.8 Å². The quantitative estimate of drug-likeness (QED) is 0.354. The maximum absolute atomic E-state index is 12.7. The number of anilines is 1. The first-order valence-electron chi connectivity index (χ1n) is 8.63. The van der Waals surface area contributed by atoms with E-state index in [-0.39, 0.29) is 11.9 Å². The number of hydrogen-bond donors (Lipinski definition) is 1. The van der Waals surface area contributed by atoms with Gasteiger partial charge in [-0.25, -0.2) is 9.78 Å². The monoisotopic (exact) mass is 410 g/mol. The number of rotatable bonds is 4. The Morgan fingerprint density at radius 2 is 1.86 bits per heavy atom. The number of ether oxygens (including phenoxy) is 1. The SMILES string of the molecule is CCOC(=O)c1ccc(NC(=O)c2cc3c(Cl)nc4ccccc4c3s2)cc1. The molecule has 1 N–H and O–H groups in total. The number of hydrogen-bond acceptors (Lipinski definition) is 5. The number of esters is 1. The molecule has 0 aliphatic rings. The van der Waals surface area contributed by atoms with Crippen LogP contribution in [0.15, 0.2) is 54.6 Å². The first kappa shape index (κ1) is 18.4. The lowest BCUT2D eigenvalue weighted by Gasteiger charge is -2.05. The number of aromatic nitrogens is 1. The van der Waals surface area contributed by atoms with Crippen molar-refractivity contribution in [2.45, 2.75) is 6.92 Å². The molecule has 5 nitrogen and oxygen atoms in total. The predicted molar refractivity (Wildman–Crippen MR) is 112 cm³/mol. The van der Waals surface area contributed by atoms with Crippen molar-refractivity contribution in [3.8, 4) is 0 Å². The molecule has 28 heavy (non-hydrogen) atoms. The smallest absolute Gasteiger partial charge is 0.338 e. The van der Waals surface area contributed by atoms with E-state index in [1.165, 1.54) is 11.3 Å². The van der Waals surface area contributed by atoms with Gasteiger partial charge >= 0.3 is 5.97 Å². The van der Waals surface area contributed by atoms with Crippen LogP contribution in [-0.4, -0.2) is 23.5 Å². The van der Waals surface area contributed by atoms with E-state index in [0.717, 1.165) is 21.0 Å². The highest BCUT2D eigenvalue weighted by molar-refractivity contribution is 7.22. The van der Waals surface area contributed by atoms with E-state index in [4.69, 9.17) is 16.3 Å². The van der Waals surface area contributed by atoms with Gasteiger partial charge in [-0.3, -0.25) is 4.79 Å². The Hall–Kier alpha value is -2.96. The van der Waals surface area contributed by atoms with Crippen LogP contribution in [0.3, 0.4) is 0 Å². The Labute approximate surface area is 169 Å². The third kappa shape index (κ3) is 3.44. The molecule has 0 saturated carbocycles. The molecule has 0 fully saturated rings. The minimum atomic E-state index is -0.390. The Morgan fingerprint density at radius 1 is 1.11 bits per heavy atom. The van der Waals surface area contributed by atoms with Gasteiger partial charge in [0.05, 0.1) is 22.6 Å².